The zero-order chi connectivity index (χ0) is 13.9. The molecule has 0 spiro atoms. The van der Waals surface area contributed by atoms with Gasteiger partial charge in [-0.25, -0.2) is 0 Å². The third-order valence-corrected chi connectivity index (χ3v) is 4.92. The van der Waals surface area contributed by atoms with Gasteiger partial charge < -0.3 is 4.90 Å². The standard InChI is InChI=1S/C17H19NOS/c1-13(19)14-5-4-9-18(11-14)10-8-15-12-20-17-7-3-2-6-16(15)17/h2-3,6-7,11-12H,4-5,8-10H2,1H3. The molecule has 0 unspecified atom stereocenters. The maximum Gasteiger partial charge on any atom is 0.157 e. The van der Waals surface area contributed by atoms with Crippen molar-refractivity contribution in [2.75, 3.05) is 13.1 Å². The van der Waals surface area contributed by atoms with Gasteiger partial charge in [-0.05, 0) is 48.6 Å². The number of allylic oxidation sites excluding steroid dienone is 1. The largest absolute Gasteiger partial charge is 0.377 e. The molecule has 3 heteroatoms. The van der Waals surface area contributed by atoms with Gasteiger partial charge in [-0.1, -0.05) is 18.2 Å². The third-order valence-electron chi connectivity index (χ3n) is 3.91. The van der Waals surface area contributed by atoms with Crippen molar-refractivity contribution in [2.45, 2.75) is 26.2 Å². The van der Waals surface area contributed by atoms with Crippen LogP contribution in [0.15, 0.2) is 41.4 Å². The van der Waals surface area contributed by atoms with Gasteiger partial charge in [0.25, 0.3) is 0 Å². The lowest BCUT2D eigenvalue weighted by Gasteiger charge is -2.25. The van der Waals surface area contributed by atoms with Crippen LogP contribution in [0.2, 0.25) is 0 Å². The van der Waals surface area contributed by atoms with Gasteiger partial charge in [0.15, 0.2) is 5.78 Å². The zero-order valence-electron chi connectivity index (χ0n) is 11.8. The summed E-state index contributed by atoms with van der Waals surface area (Å²) in [6.07, 6.45) is 5.15. The van der Waals surface area contributed by atoms with Crippen LogP contribution in [0.25, 0.3) is 10.1 Å². The molecule has 104 valence electrons. The highest BCUT2D eigenvalue weighted by atomic mass is 32.1. The number of benzene rings is 1. The fourth-order valence-electron chi connectivity index (χ4n) is 2.76. The fraction of sp³-hybridized carbons (Fsp3) is 0.353. The number of ketones is 1. The van der Waals surface area contributed by atoms with Crippen LogP contribution >= 0.6 is 11.3 Å². The second-order valence-corrected chi connectivity index (χ2v) is 6.27. The number of carbonyl (C=O) groups excluding carboxylic acids is 1. The smallest absolute Gasteiger partial charge is 0.157 e. The molecule has 0 aliphatic carbocycles. The van der Waals surface area contributed by atoms with Crippen LogP contribution in [0.4, 0.5) is 0 Å². The third kappa shape index (κ3) is 2.78. The van der Waals surface area contributed by atoms with Gasteiger partial charge in [0.2, 0.25) is 0 Å². The number of hydrogen-bond acceptors (Lipinski definition) is 3. The van der Waals surface area contributed by atoms with Gasteiger partial charge in [0, 0.05) is 29.6 Å². The van der Waals surface area contributed by atoms with Crippen molar-refractivity contribution < 1.29 is 4.79 Å². The number of carbonyl (C=O) groups is 1. The van der Waals surface area contributed by atoms with Crippen LogP contribution in [0.1, 0.15) is 25.3 Å². The summed E-state index contributed by atoms with van der Waals surface area (Å²) in [5.41, 5.74) is 2.40. The molecule has 2 heterocycles. The predicted molar refractivity (Wildman–Crippen MR) is 85.1 cm³/mol. The molecule has 0 N–H and O–H groups in total. The first-order valence-corrected chi connectivity index (χ1v) is 8.03. The highest BCUT2D eigenvalue weighted by Crippen LogP contribution is 2.26. The molecule has 1 aliphatic rings. The number of Topliss-reactive ketones (excluding diaryl/α,β-unsaturated/α-hetero) is 1. The molecule has 0 atom stereocenters. The first-order valence-electron chi connectivity index (χ1n) is 7.15. The summed E-state index contributed by atoms with van der Waals surface area (Å²) in [5.74, 6) is 0.218. The molecule has 3 rings (SSSR count). The fourth-order valence-corrected chi connectivity index (χ4v) is 3.75. The van der Waals surface area contributed by atoms with Crippen molar-refractivity contribution in [1.82, 2.24) is 4.90 Å². The summed E-state index contributed by atoms with van der Waals surface area (Å²) < 4.78 is 1.36. The van der Waals surface area contributed by atoms with Gasteiger partial charge in [-0.15, -0.1) is 11.3 Å². The van der Waals surface area contributed by atoms with Crippen molar-refractivity contribution in [2.24, 2.45) is 0 Å². The van der Waals surface area contributed by atoms with Crippen molar-refractivity contribution in [3.05, 3.63) is 47.0 Å². The Morgan fingerprint density at radius 1 is 1.35 bits per heavy atom. The Morgan fingerprint density at radius 3 is 3.05 bits per heavy atom. The molecule has 0 bridgehead atoms. The van der Waals surface area contributed by atoms with E-state index in [0.717, 1.165) is 37.9 Å². The van der Waals surface area contributed by atoms with Crippen LogP contribution in [0.3, 0.4) is 0 Å². The summed E-state index contributed by atoms with van der Waals surface area (Å²) in [5, 5.41) is 3.65. The molecule has 2 aromatic rings. The summed E-state index contributed by atoms with van der Waals surface area (Å²) in [6.45, 7) is 3.73. The topological polar surface area (TPSA) is 20.3 Å². The summed E-state index contributed by atoms with van der Waals surface area (Å²) >= 11 is 1.82. The van der Waals surface area contributed by atoms with Crippen LogP contribution in [0.5, 0.6) is 0 Å². The van der Waals surface area contributed by atoms with Gasteiger partial charge in [-0.2, -0.15) is 0 Å². The number of hydrogen-bond donors (Lipinski definition) is 0. The number of thiophene rings is 1. The molecule has 2 nitrogen and oxygen atoms in total. The molecular weight excluding hydrogens is 266 g/mol. The molecule has 0 saturated carbocycles. The minimum atomic E-state index is 0.218. The lowest BCUT2D eigenvalue weighted by atomic mass is 10.0. The molecule has 0 amide bonds. The molecule has 0 radical (unpaired) electrons. The summed E-state index contributed by atoms with van der Waals surface area (Å²) in [7, 11) is 0. The minimum absolute atomic E-state index is 0.218. The average Bonchev–Trinajstić information content (AvgIpc) is 2.89. The van der Waals surface area contributed by atoms with Gasteiger partial charge in [0.05, 0.1) is 0 Å². The van der Waals surface area contributed by atoms with E-state index in [-0.39, 0.29) is 5.78 Å². The number of nitrogens with zero attached hydrogens (tertiary/aromatic N) is 1. The maximum absolute atomic E-state index is 11.5. The number of rotatable bonds is 4. The first-order chi connectivity index (χ1) is 9.74. The Morgan fingerprint density at radius 2 is 2.20 bits per heavy atom. The van der Waals surface area contributed by atoms with E-state index in [4.69, 9.17) is 0 Å². The maximum atomic E-state index is 11.5. The Hall–Kier alpha value is -1.61. The van der Waals surface area contributed by atoms with Crippen LogP contribution in [-0.2, 0) is 11.2 Å². The summed E-state index contributed by atoms with van der Waals surface area (Å²) in [4.78, 5) is 13.8. The molecule has 1 aromatic carbocycles. The highest BCUT2D eigenvalue weighted by molar-refractivity contribution is 7.17. The van der Waals surface area contributed by atoms with E-state index in [1.165, 1.54) is 15.6 Å². The quantitative estimate of drug-likeness (QED) is 0.846. The van der Waals surface area contributed by atoms with Crippen molar-refractivity contribution in [1.29, 1.82) is 0 Å². The van der Waals surface area contributed by atoms with Crippen LogP contribution < -0.4 is 0 Å². The molecule has 20 heavy (non-hydrogen) atoms. The lowest BCUT2D eigenvalue weighted by molar-refractivity contribution is -0.113. The van der Waals surface area contributed by atoms with E-state index in [1.54, 1.807) is 6.92 Å². The Labute approximate surface area is 123 Å². The second-order valence-electron chi connectivity index (χ2n) is 5.36. The monoisotopic (exact) mass is 285 g/mol. The lowest BCUT2D eigenvalue weighted by Crippen LogP contribution is -2.26. The molecule has 0 saturated heterocycles. The van der Waals surface area contributed by atoms with Gasteiger partial charge in [-0.3, -0.25) is 4.79 Å². The zero-order valence-corrected chi connectivity index (χ0v) is 12.6. The SMILES string of the molecule is CC(=O)C1=CN(CCc2csc3ccccc23)CCC1. The Bertz CT molecular complexity index is 656. The van der Waals surface area contributed by atoms with Crippen LogP contribution in [0, 0.1) is 0 Å². The minimum Gasteiger partial charge on any atom is -0.377 e. The second kappa shape index (κ2) is 5.80. The molecule has 1 aliphatic heterocycles. The van der Waals surface area contributed by atoms with E-state index in [2.05, 4.69) is 40.7 Å². The van der Waals surface area contributed by atoms with E-state index in [9.17, 15) is 4.79 Å². The highest BCUT2D eigenvalue weighted by Gasteiger charge is 2.13. The number of fused-ring (bicyclic) bond motifs is 1. The Balaban J connectivity index is 1.70. The van der Waals surface area contributed by atoms with E-state index < -0.39 is 0 Å². The van der Waals surface area contributed by atoms with Gasteiger partial charge >= 0.3 is 0 Å². The molecular formula is C17H19NOS. The predicted octanol–water partition coefficient (Wildman–Crippen LogP) is 4.01. The molecule has 1 aromatic heterocycles. The molecule has 0 fully saturated rings. The average molecular weight is 285 g/mol. The van der Waals surface area contributed by atoms with E-state index >= 15 is 0 Å². The van der Waals surface area contributed by atoms with E-state index in [1.807, 2.05) is 11.3 Å². The summed E-state index contributed by atoms with van der Waals surface area (Å²) in [6, 6.07) is 8.58. The van der Waals surface area contributed by atoms with Gasteiger partial charge in [0.1, 0.15) is 0 Å². The van der Waals surface area contributed by atoms with E-state index in [0.29, 0.717) is 0 Å². The van der Waals surface area contributed by atoms with Crippen molar-refractivity contribution >= 4 is 27.2 Å². The van der Waals surface area contributed by atoms with Crippen LogP contribution in [-0.4, -0.2) is 23.8 Å². The first kappa shape index (κ1) is 13.4. The van der Waals surface area contributed by atoms with Crippen molar-refractivity contribution in [3.8, 4) is 0 Å². The van der Waals surface area contributed by atoms with Crippen molar-refractivity contribution in [3.63, 3.8) is 0 Å². The Kier molecular flexibility index (Phi) is 3.88. The normalized spacial score (nSPS) is 15.4.